The van der Waals surface area contributed by atoms with Crippen molar-refractivity contribution in [2.24, 2.45) is 5.92 Å². The number of hydrogen-bond donors (Lipinski definition) is 2. The third-order valence-corrected chi connectivity index (χ3v) is 6.93. The lowest BCUT2D eigenvalue weighted by Crippen LogP contribution is -2.46. The number of benzene rings is 2. The summed E-state index contributed by atoms with van der Waals surface area (Å²) in [6, 6.07) is 15.5. The number of ketones is 1. The largest absolute Gasteiger partial charge is 0.440 e. The summed E-state index contributed by atoms with van der Waals surface area (Å²) < 4.78 is 13.0. The Bertz CT molecular complexity index is 1770. The number of nitrogens with zero attached hydrogens (tertiary/aromatic N) is 5. The molecule has 12 nitrogen and oxygen atoms in total. The van der Waals surface area contributed by atoms with Gasteiger partial charge in [0.2, 0.25) is 23.5 Å². The van der Waals surface area contributed by atoms with E-state index in [-0.39, 0.29) is 30.1 Å². The number of aromatic nitrogens is 5. The number of nitrogens with one attached hydrogen (secondary N) is 2. The Labute approximate surface area is 241 Å². The van der Waals surface area contributed by atoms with Gasteiger partial charge >= 0.3 is 0 Å². The summed E-state index contributed by atoms with van der Waals surface area (Å²) in [6.07, 6.45) is 1.53. The maximum Gasteiger partial charge on any atom is 0.294 e. The molecule has 0 fully saturated rings. The second-order valence-electron chi connectivity index (χ2n) is 10.7. The average molecular weight is 570 g/mol. The molecule has 12 heteroatoms. The van der Waals surface area contributed by atoms with Gasteiger partial charge in [-0.2, -0.15) is 0 Å². The van der Waals surface area contributed by atoms with Crippen LogP contribution in [0.3, 0.4) is 0 Å². The van der Waals surface area contributed by atoms with Gasteiger partial charge in [0, 0.05) is 7.05 Å². The highest BCUT2D eigenvalue weighted by Crippen LogP contribution is 2.32. The number of rotatable bonds is 10. The van der Waals surface area contributed by atoms with Gasteiger partial charge in [-0.15, -0.1) is 10.2 Å². The number of anilines is 1. The van der Waals surface area contributed by atoms with Crippen molar-refractivity contribution in [3.05, 3.63) is 88.8 Å². The molecule has 0 spiro atoms. The van der Waals surface area contributed by atoms with Crippen LogP contribution in [-0.4, -0.2) is 49.5 Å². The van der Waals surface area contributed by atoms with Crippen molar-refractivity contribution in [1.29, 1.82) is 0 Å². The Hall–Kier alpha value is -5.13. The summed E-state index contributed by atoms with van der Waals surface area (Å²) in [4.78, 5) is 48.6. The number of carbonyl (C=O) groups excluding carboxylic acids is 2. The second kappa shape index (κ2) is 11.4. The predicted octanol–water partition coefficient (Wildman–Crippen LogP) is 3.83. The minimum Gasteiger partial charge on any atom is -0.440 e. The fourth-order valence-electron chi connectivity index (χ4n) is 4.49. The molecule has 0 saturated carbocycles. The molecule has 2 aromatic carbocycles. The lowest BCUT2D eigenvalue weighted by molar-refractivity contribution is -0.122. The zero-order valence-corrected chi connectivity index (χ0v) is 23.9. The topological polar surface area (TPSA) is 158 Å². The number of amides is 1. The predicted molar refractivity (Wildman–Crippen MR) is 155 cm³/mol. The molecular formula is C30H31N7O5. The van der Waals surface area contributed by atoms with Crippen LogP contribution in [0, 0.1) is 5.92 Å². The Kier molecular flexibility index (Phi) is 7.70. The summed E-state index contributed by atoms with van der Waals surface area (Å²) in [5.74, 6) is -1.07. The van der Waals surface area contributed by atoms with E-state index in [0.29, 0.717) is 28.2 Å². The van der Waals surface area contributed by atoms with Gasteiger partial charge in [0.15, 0.2) is 11.4 Å². The number of oxazole rings is 1. The van der Waals surface area contributed by atoms with Crippen LogP contribution >= 0.6 is 0 Å². The fraction of sp³-hybridized carbons (Fsp3) is 0.300. The van der Waals surface area contributed by atoms with Gasteiger partial charge in [0.25, 0.3) is 11.4 Å². The van der Waals surface area contributed by atoms with Crippen molar-refractivity contribution in [3.63, 3.8) is 0 Å². The van der Waals surface area contributed by atoms with E-state index in [2.05, 4.69) is 30.8 Å². The minimum absolute atomic E-state index is 0.0962. The molecule has 0 radical (unpaired) electrons. The first-order valence-electron chi connectivity index (χ1n) is 13.5. The van der Waals surface area contributed by atoms with Crippen LogP contribution in [0.1, 0.15) is 50.2 Å². The number of fused-ring (bicyclic) bond motifs is 1. The molecule has 1 amide bonds. The molecule has 42 heavy (non-hydrogen) atoms. The van der Waals surface area contributed by atoms with Gasteiger partial charge < -0.3 is 19.5 Å². The molecule has 0 saturated heterocycles. The maximum atomic E-state index is 13.5. The summed E-state index contributed by atoms with van der Waals surface area (Å²) >= 11 is 0. The van der Waals surface area contributed by atoms with Crippen molar-refractivity contribution >= 4 is 28.6 Å². The monoisotopic (exact) mass is 569 g/mol. The quantitative estimate of drug-likeness (QED) is 0.237. The number of Topliss-reactive ketones (excluding diaryl/α,β-unsaturated/α-hetero) is 1. The third-order valence-electron chi connectivity index (χ3n) is 6.93. The van der Waals surface area contributed by atoms with Crippen molar-refractivity contribution in [1.82, 2.24) is 30.0 Å². The average Bonchev–Trinajstić information content (AvgIpc) is 3.66. The summed E-state index contributed by atoms with van der Waals surface area (Å²) in [5, 5.41) is 13.6. The van der Waals surface area contributed by atoms with Crippen LogP contribution in [0.15, 0.2) is 74.4 Å². The molecule has 0 aliphatic carbocycles. The van der Waals surface area contributed by atoms with Crippen LogP contribution in [0.4, 0.5) is 5.82 Å². The number of hydrogen-bond acceptors (Lipinski definition) is 10. The second-order valence-corrected chi connectivity index (χ2v) is 10.7. The zero-order chi connectivity index (χ0) is 30.0. The van der Waals surface area contributed by atoms with Crippen molar-refractivity contribution < 1.29 is 18.4 Å². The highest BCUT2D eigenvalue weighted by atomic mass is 16.4. The van der Waals surface area contributed by atoms with Crippen LogP contribution in [0.2, 0.25) is 0 Å². The fourth-order valence-corrected chi connectivity index (χ4v) is 4.49. The van der Waals surface area contributed by atoms with Gasteiger partial charge in [0.1, 0.15) is 17.5 Å². The van der Waals surface area contributed by atoms with Crippen molar-refractivity contribution in [2.45, 2.75) is 45.7 Å². The lowest BCUT2D eigenvalue weighted by atomic mass is 9.93. The molecule has 3 heterocycles. The van der Waals surface area contributed by atoms with Gasteiger partial charge in [-0.1, -0.05) is 56.3 Å². The smallest absolute Gasteiger partial charge is 0.294 e. The van der Waals surface area contributed by atoms with Crippen molar-refractivity contribution in [3.8, 4) is 11.3 Å². The normalized spacial score (nSPS) is 12.4. The van der Waals surface area contributed by atoms with Crippen LogP contribution in [-0.2, 0) is 16.8 Å². The summed E-state index contributed by atoms with van der Waals surface area (Å²) in [7, 11) is 1.58. The van der Waals surface area contributed by atoms with Crippen molar-refractivity contribution in [2.75, 3.05) is 12.4 Å². The molecule has 5 rings (SSSR count). The highest BCUT2D eigenvalue weighted by molar-refractivity contribution is 5.98. The first kappa shape index (κ1) is 28.4. The van der Waals surface area contributed by atoms with Gasteiger partial charge in [-0.25, -0.2) is 9.97 Å². The Morgan fingerprint density at radius 1 is 0.976 bits per heavy atom. The Morgan fingerprint density at radius 3 is 2.38 bits per heavy atom. The molecule has 2 N–H and O–H groups in total. The van der Waals surface area contributed by atoms with Crippen LogP contribution < -0.4 is 16.2 Å². The molecular weight excluding hydrogens is 538 g/mol. The molecule has 3 aromatic heterocycles. The molecule has 0 aliphatic rings. The summed E-state index contributed by atoms with van der Waals surface area (Å²) in [6.45, 7) is 6.84. The first-order valence-corrected chi connectivity index (χ1v) is 13.5. The van der Waals surface area contributed by atoms with Gasteiger partial charge in [-0.3, -0.25) is 19.0 Å². The van der Waals surface area contributed by atoms with E-state index in [1.54, 1.807) is 34.7 Å². The van der Waals surface area contributed by atoms with E-state index in [0.717, 1.165) is 0 Å². The Morgan fingerprint density at radius 2 is 1.69 bits per heavy atom. The minimum atomic E-state index is -0.986. The van der Waals surface area contributed by atoms with Crippen LogP contribution in [0.25, 0.3) is 22.4 Å². The SMILES string of the molecule is CNc1ncc(-c2ccccc2)n(CC(=O)N[C@@H](C(=O)c2nnc(C(C)(C)c3nc4ccccc4o3)o2)C(C)C)c1=O. The molecule has 1 atom stereocenters. The molecule has 216 valence electrons. The standard InChI is InChI=1S/C30H31N7O5/c1-17(2)23(34-22(38)16-37-20(18-11-7-6-8-12-18)15-32-25(31-5)27(37)40)24(39)26-35-36-29(42-26)30(3,4)28-33-19-13-9-10-14-21(19)41-28/h6-15,17,23H,16H2,1-5H3,(H,31,32)(H,34,38)/t23-/m1/s1. The zero-order valence-electron chi connectivity index (χ0n) is 23.9. The van der Waals surface area contributed by atoms with Gasteiger partial charge in [0.05, 0.1) is 17.9 Å². The molecule has 5 aromatic rings. The molecule has 0 unspecified atom stereocenters. The summed E-state index contributed by atoms with van der Waals surface area (Å²) in [5.41, 5.74) is 1.08. The molecule has 0 bridgehead atoms. The van der Waals surface area contributed by atoms with E-state index in [4.69, 9.17) is 8.83 Å². The molecule has 0 aliphatic heterocycles. The third kappa shape index (κ3) is 5.42. The van der Waals surface area contributed by atoms with E-state index >= 15 is 0 Å². The number of carbonyl (C=O) groups is 2. The van der Waals surface area contributed by atoms with E-state index < -0.39 is 28.7 Å². The number of para-hydroxylation sites is 2. The van der Waals surface area contributed by atoms with E-state index in [9.17, 15) is 14.4 Å². The van der Waals surface area contributed by atoms with E-state index in [1.165, 1.54) is 10.8 Å². The maximum absolute atomic E-state index is 13.5. The highest BCUT2D eigenvalue weighted by Gasteiger charge is 2.37. The lowest BCUT2D eigenvalue weighted by Gasteiger charge is -2.21. The van der Waals surface area contributed by atoms with E-state index in [1.807, 2.05) is 54.6 Å². The van der Waals surface area contributed by atoms with Gasteiger partial charge in [-0.05, 0) is 37.5 Å². The Balaban J connectivity index is 1.38. The van der Waals surface area contributed by atoms with Crippen LogP contribution in [0.5, 0.6) is 0 Å². The first-order chi connectivity index (χ1) is 20.1.